The van der Waals surface area contributed by atoms with Crippen molar-refractivity contribution in [2.24, 2.45) is 0 Å². The molecule has 0 aromatic heterocycles. The zero-order valence-electron chi connectivity index (χ0n) is 11.1. The summed E-state index contributed by atoms with van der Waals surface area (Å²) in [5, 5.41) is 10.7. The fraction of sp³-hybridized carbons (Fsp3) is 0.455. The molecule has 1 heterocycles. The second-order valence-corrected chi connectivity index (χ2v) is 8.87. The van der Waals surface area contributed by atoms with Crippen LogP contribution in [0.25, 0.3) is 0 Å². The second kappa shape index (κ2) is 5.35. The van der Waals surface area contributed by atoms with Crippen LogP contribution in [0.3, 0.4) is 0 Å². The molecule has 0 spiro atoms. The predicted octanol–water partition coefficient (Wildman–Crippen LogP) is 0.369. The molecule has 0 radical (unpaired) electrons. The number of rotatable bonds is 4. The summed E-state index contributed by atoms with van der Waals surface area (Å²) in [5.41, 5.74) is 0.0549. The zero-order valence-corrected chi connectivity index (χ0v) is 12.8. The van der Waals surface area contributed by atoms with Crippen LogP contribution in [0.15, 0.2) is 23.1 Å². The van der Waals surface area contributed by atoms with E-state index in [1.165, 1.54) is 13.0 Å². The van der Waals surface area contributed by atoms with Gasteiger partial charge in [-0.15, -0.1) is 0 Å². The van der Waals surface area contributed by atoms with Gasteiger partial charge in [-0.25, -0.2) is 21.6 Å². The quantitative estimate of drug-likeness (QED) is 0.626. The van der Waals surface area contributed by atoms with Crippen LogP contribution in [-0.2, 0) is 19.9 Å². The normalized spacial score (nSPS) is 21.3. The van der Waals surface area contributed by atoms with Crippen molar-refractivity contribution in [2.75, 3.05) is 11.5 Å². The molecule has 21 heavy (non-hydrogen) atoms. The summed E-state index contributed by atoms with van der Waals surface area (Å²) in [6.07, 6.45) is 0.230. The number of benzene rings is 1. The van der Waals surface area contributed by atoms with Crippen molar-refractivity contribution >= 4 is 25.5 Å². The molecule has 1 N–H and O–H groups in total. The van der Waals surface area contributed by atoms with Gasteiger partial charge in [-0.1, -0.05) is 0 Å². The first-order valence-corrected chi connectivity index (χ1v) is 9.39. The maximum atomic E-state index is 12.2. The van der Waals surface area contributed by atoms with Gasteiger partial charge in [0.25, 0.3) is 5.69 Å². The number of sulfonamides is 1. The zero-order chi connectivity index (χ0) is 15.8. The van der Waals surface area contributed by atoms with Gasteiger partial charge in [0.1, 0.15) is 0 Å². The lowest BCUT2D eigenvalue weighted by Crippen LogP contribution is -2.35. The van der Waals surface area contributed by atoms with Crippen LogP contribution in [0.2, 0.25) is 0 Å². The molecule has 1 saturated heterocycles. The molecule has 1 aliphatic rings. The molecule has 0 amide bonds. The standard InChI is InChI=1S/C11H14N2O6S2/c1-8-6-10(2-3-11(8)13(14)15)21(18,19)12-9-4-5-20(16,17)7-9/h2-3,6,9,12H,4-5,7H2,1H3. The third kappa shape index (κ3) is 3.57. The summed E-state index contributed by atoms with van der Waals surface area (Å²) >= 11 is 0. The molecule has 1 aliphatic heterocycles. The molecular formula is C11H14N2O6S2. The fourth-order valence-electron chi connectivity index (χ4n) is 2.18. The van der Waals surface area contributed by atoms with Gasteiger partial charge in [0.2, 0.25) is 10.0 Å². The summed E-state index contributed by atoms with van der Waals surface area (Å²) in [4.78, 5) is 10.00. The molecule has 0 saturated carbocycles. The van der Waals surface area contributed by atoms with E-state index < -0.39 is 30.8 Å². The highest BCUT2D eigenvalue weighted by molar-refractivity contribution is 7.92. The third-order valence-corrected chi connectivity index (χ3v) is 6.52. The number of nitrogens with one attached hydrogen (secondary N) is 1. The van der Waals surface area contributed by atoms with Crippen molar-refractivity contribution in [2.45, 2.75) is 24.3 Å². The highest BCUT2D eigenvalue weighted by atomic mass is 32.2. The number of aryl methyl sites for hydroxylation is 1. The van der Waals surface area contributed by atoms with E-state index in [1.54, 1.807) is 0 Å². The highest BCUT2D eigenvalue weighted by Crippen LogP contribution is 2.22. The number of nitrogens with zero attached hydrogens (tertiary/aromatic N) is 1. The minimum Gasteiger partial charge on any atom is -0.258 e. The van der Waals surface area contributed by atoms with Gasteiger partial charge in [0.15, 0.2) is 9.84 Å². The number of nitro benzene ring substituents is 1. The van der Waals surface area contributed by atoms with Crippen LogP contribution in [0.4, 0.5) is 5.69 Å². The second-order valence-electron chi connectivity index (χ2n) is 4.93. The average Bonchev–Trinajstić information content (AvgIpc) is 2.67. The van der Waals surface area contributed by atoms with Crippen LogP contribution in [0.1, 0.15) is 12.0 Å². The molecule has 2 rings (SSSR count). The van der Waals surface area contributed by atoms with Gasteiger partial charge in [-0.05, 0) is 25.5 Å². The van der Waals surface area contributed by atoms with Crippen LogP contribution >= 0.6 is 0 Å². The smallest absolute Gasteiger partial charge is 0.258 e. The van der Waals surface area contributed by atoms with Crippen molar-refractivity contribution in [1.82, 2.24) is 4.72 Å². The predicted molar refractivity (Wildman–Crippen MR) is 75.2 cm³/mol. The summed E-state index contributed by atoms with van der Waals surface area (Å²) in [6, 6.07) is 2.80. The van der Waals surface area contributed by atoms with Crippen molar-refractivity contribution in [3.63, 3.8) is 0 Å². The molecule has 8 nitrogen and oxygen atoms in total. The first kappa shape index (κ1) is 15.9. The van der Waals surface area contributed by atoms with Crippen molar-refractivity contribution in [1.29, 1.82) is 0 Å². The number of sulfone groups is 1. The summed E-state index contributed by atoms with van der Waals surface area (Å²) < 4.78 is 49.3. The van der Waals surface area contributed by atoms with Gasteiger partial charge >= 0.3 is 0 Å². The molecule has 1 unspecified atom stereocenters. The van der Waals surface area contributed by atoms with E-state index in [9.17, 15) is 26.9 Å². The van der Waals surface area contributed by atoms with E-state index in [-0.39, 0.29) is 34.1 Å². The van der Waals surface area contributed by atoms with Crippen LogP contribution < -0.4 is 4.72 Å². The molecule has 0 aliphatic carbocycles. The Morgan fingerprint density at radius 1 is 1.38 bits per heavy atom. The van der Waals surface area contributed by atoms with Gasteiger partial charge in [-0.2, -0.15) is 0 Å². The molecular weight excluding hydrogens is 320 g/mol. The Balaban J connectivity index is 2.24. The number of hydrogen-bond acceptors (Lipinski definition) is 6. The lowest BCUT2D eigenvalue weighted by Gasteiger charge is -2.12. The van der Waals surface area contributed by atoms with Gasteiger partial charge in [0.05, 0.1) is 21.3 Å². The van der Waals surface area contributed by atoms with E-state index in [2.05, 4.69) is 4.72 Å². The van der Waals surface area contributed by atoms with E-state index in [0.29, 0.717) is 0 Å². The maximum absolute atomic E-state index is 12.2. The SMILES string of the molecule is Cc1cc(S(=O)(=O)NC2CCS(=O)(=O)C2)ccc1[N+](=O)[O-]. The lowest BCUT2D eigenvalue weighted by atomic mass is 10.2. The van der Waals surface area contributed by atoms with E-state index in [1.807, 2.05) is 0 Å². The highest BCUT2D eigenvalue weighted by Gasteiger charge is 2.31. The maximum Gasteiger partial charge on any atom is 0.272 e. The minimum atomic E-state index is -3.90. The fourth-order valence-corrected chi connectivity index (χ4v) is 5.31. The molecule has 1 aromatic carbocycles. The number of hydrogen-bond donors (Lipinski definition) is 1. The Labute approximate surface area is 122 Å². The number of nitro groups is 1. The summed E-state index contributed by atoms with van der Waals surface area (Å²) in [5.74, 6) is -0.266. The molecule has 1 atom stereocenters. The summed E-state index contributed by atoms with van der Waals surface area (Å²) in [7, 11) is -7.09. The Morgan fingerprint density at radius 3 is 2.52 bits per heavy atom. The monoisotopic (exact) mass is 334 g/mol. The van der Waals surface area contributed by atoms with Gasteiger partial charge < -0.3 is 0 Å². The molecule has 1 fully saturated rings. The Bertz CT molecular complexity index is 785. The molecule has 0 bridgehead atoms. The van der Waals surface area contributed by atoms with Crippen LogP contribution in [-0.4, -0.2) is 39.3 Å². The van der Waals surface area contributed by atoms with Gasteiger partial charge in [-0.3, -0.25) is 10.1 Å². The minimum absolute atomic E-state index is 0.0422. The Kier molecular flexibility index (Phi) is 4.04. The average molecular weight is 334 g/mol. The lowest BCUT2D eigenvalue weighted by molar-refractivity contribution is -0.385. The summed E-state index contributed by atoms with van der Waals surface area (Å²) in [6.45, 7) is 1.44. The van der Waals surface area contributed by atoms with E-state index in [0.717, 1.165) is 12.1 Å². The van der Waals surface area contributed by atoms with Crippen molar-refractivity contribution in [3.05, 3.63) is 33.9 Å². The first-order chi connectivity index (χ1) is 9.61. The molecule has 10 heteroatoms. The Hall–Kier alpha value is -1.52. The largest absolute Gasteiger partial charge is 0.272 e. The van der Waals surface area contributed by atoms with E-state index in [4.69, 9.17) is 0 Å². The topological polar surface area (TPSA) is 123 Å². The van der Waals surface area contributed by atoms with Crippen LogP contribution in [0, 0.1) is 17.0 Å². The third-order valence-electron chi connectivity index (χ3n) is 3.23. The molecule has 116 valence electrons. The van der Waals surface area contributed by atoms with Gasteiger partial charge in [0, 0.05) is 17.7 Å². The molecule has 1 aromatic rings. The Morgan fingerprint density at radius 2 is 2.05 bits per heavy atom. The van der Waals surface area contributed by atoms with Crippen molar-refractivity contribution in [3.8, 4) is 0 Å². The van der Waals surface area contributed by atoms with Crippen molar-refractivity contribution < 1.29 is 21.8 Å². The van der Waals surface area contributed by atoms with E-state index >= 15 is 0 Å². The van der Waals surface area contributed by atoms with Crippen LogP contribution in [0.5, 0.6) is 0 Å². The first-order valence-electron chi connectivity index (χ1n) is 6.08.